The number of hydrogen-bond acceptors (Lipinski definition) is 7. The summed E-state index contributed by atoms with van der Waals surface area (Å²) in [7, 11) is 0. The Bertz CT molecular complexity index is 1340. The van der Waals surface area contributed by atoms with Crippen molar-refractivity contribution in [3.63, 3.8) is 0 Å². The highest BCUT2D eigenvalue weighted by atomic mass is 35.5. The molecule has 0 fully saturated rings. The van der Waals surface area contributed by atoms with Gasteiger partial charge in [0, 0.05) is 29.5 Å². The summed E-state index contributed by atoms with van der Waals surface area (Å²) in [5, 5.41) is 19.3. The Morgan fingerprint density at radius 2 is 1.97 bits per heavy atom. The molecule has 8 nitrogen and oxygen atoms in total. The molecule has 0 bridgehead atoms. The molecule has 2 aliphatic heterocycles. The van der Waals surface area contributed by atoms with Gasteiger partial charge in [-0.2, -0.15) is 10.1 Å². The Kier molecular flexibility index (Phi) is 5.15. The summed E-state index contributed by atoms with van der Waals surface area (Å²) < 4.78 is 0. The van der Waals surface area contributed by atoms with Gasteiger partial charge >= 0.3 is 0 Å². The van der Waals surface area contributed by atoms with Crippen LogP contribution in [-0.2, 0) is 4.79 Å². The summed E-state index contributed by atoms with van der Waals surface area (Å²) in [5.74, 6) is 0.0604. The molecule has 0 saturated carbocycles. The van der Waals surface area contributed by atoms with Gasteiger partial charge in [0.1, 0.15) is 5.15 Å². The van der Waals surface area contributed by atoms with Crippen LogP contribution in [0.4, 0.5) is 5.69 Å². The van der Waals surface area contributed by atoms with E-state index in [1.807, 2.05) is 31.2 Å². The second-order valence-corrected chi connectivity index (χ2v) is 8.86. The lowest BCUT2D eigenvalue weighted by atomic mass is 9.98. The normalized spacial score (nSPS) is 18.2. The molecule has 0 aliphatic carbocycles. The predicted octanol–water partition coefficient (Wildman–Crippen LogP) is 4.89. The van der Waals surface area contributed by atoms with Crippen molar-refractivity contribution in [3.05, 3.63) is 80.5 Å². The number of rotatable bonds is 3. The molecule has 1 aromatic heterocycles. The number of aliphatic imine (C=N–C) groups is 1. The van der Waals surface area contributed by atoms with Crippen molar-refractivity contribution in [2.45, 2.75) is 19.4 Å². The molecule has 3 aromatic rings. The number of pyridine rings is 1. The minimum absolute atomic E-state index is 0.0132. The lowest BCUT2D eigenvalue weighted by Crippen LogP contribution is -2.24. The monoisotopic (exact) mass is 465 g/mol. The van der Waals surface area contributed by atoms with Gasteiger partial charge in [-0.15, -0.1) is 0 Å². The van der Waals surface area contributed by atoms with Crippen LogP contribution in [0.2, 0.25) is 5.15 Å². The number of aryl methyl sites for hydroxylation is 1. The van der Waals surface area contributed by atoms with Crippen LogP contribution >= 0.6 is 23.4 Å². The molecule has 160 valence electrons. The van der Waals surface area contributed by atoms with E-state index in [1.54, 1.807) is 17.1 Å². The van der Waals surface area contributed by atoms with Gasteiger partial charge in [-0.1, -0.05) is 35.0 Å². The first-order valence-corrected chi connectivity index (χ1v) is 11.2. The molecule has 2 aliphatic rings. The summed E-state index contributed by atoms with van der Waals surface area (Å²) in [5.41, 5.74) is 4.20. The van der Waals surface area contributed by atoms with Crippen LogP contribution in [0.5, 0.6) is 0 Å². The molecule has 10 heteroatoms. The van der Waals surface area contributed by atoms with Crippen LogP contribution < -0.4 is 0 Å². The highest BCUT2D eigenvalue weighted by Gasteiger charge is 2.36. The van der Waals surface area contributed by atoms with Gasteiger partial charge in [0.15, 0.2) is 5.17 Å². The Balaban J connectivity index is 1.57. The van der Waals surface area contributed by atoms with Crippen LogP contribution in [0.15, 0.2) is 58.6 Å². The third-order valence-corrected chi connectivity index (χ3v) is 6.60. The average molecular weight is 466 g/mol. The maximum atomic E-state index is 11.8. The van der Waals surface area contributed by atoms with Gasteiger partial charge in [0.05, 0.1) is 27.9 Å². The molecule has 3 heterocycles. The summed E-state index contributed by atoms with van der Waals surface area (Å²) in [6, 6.07) is 13.9. The third-order valence-electron chi connectivity index (χ3n) is 5.37. The zero-order valence-corrected chi connectivity index (χ0v) is 18.4. The standard InChI is InChI=1S/C22H16ClN5O3S/c1-12-2-7-17-14(8-12)9-16(21(23)24-17)19-10-18(13-3-5-15(6-4-13)28(30)31)26-27(19)22-25-20(29)11-32-22/h2-9,19H,10-11H2,1H3. The topological polar surface area (TPSA) is 101 Å². The van der Waals surface area contributed by atoms with Crippen molar-refractivity contribution in [2.24, 2.45) is 10.1 Å². The van der Waals surface area contributed by atoms with E-state index in [0.717, 1.165) is 33.3 Å². The minimum Gasteiger partial charge on any atom is -0.272 e. The highest BCUT2D eigenvalue weighted by Crippen LogP contribution is 2.39. The fraction of sp³-hybridized carbons (Fsp3) is 0.182. The molecule has 2 aromatic carbocycles. The molecule has 0 N–H and O–H groups in total. The number of fused-ring (bicyclic) bond motifs is 1. The molecule has 1 unspecified atom stereocenters. The smallest absolute Gasteiger partial charge is 0.269 e. The van der Waals surface area contributed by atoms with Gasteiger partial charge in [0.2, 0.25) is 0 Å². The minimum atomic E-state index is -0.437. The van der Waals surface area contributed by atoms with E-state index in [0.29, 0.717) is 16.7 Å². The number of thioether (sulfide) groups is 1. The average Bonchev–Trinajstić information content (AvgIpc) is 3.40. The molecule has 0 saturated heterocycles. The highest BCUT2D eigenvalue weighted by molar-refractivity contribution is 8.14. The number of amides is 1. The van der Waals surface area contributed by atoms with E-state index in [-0.39, 0.29) is 23.4 Å². The van der Waals surface area contributed by atoms with Gasteiger partial charge in [-0.25, -0.2) is 9.99 Å². The van der Waals surface area contributed by atoms with Crippen molar-refractivity contribution in [2.75, 3.05) is 5.75 Å². The largest absolute Gasteiger partial charge is 0.272 e. The van der Waals surface area contributed by atoms with E-state index in [9.17, 15) is 14.9 Å². The molecule has 32 heavy (non-hydrogen) atoms. The van der Waals surface area contributed by atoms with E-state index >= 15 is 0 Å². The number of aromatic nitrogens is 1. The number of benzene rings is 2. The maximum Gasteiger partial charge on any atom is 0.269 e. The van der Waals surface area contributed by atoms with E-state index < -0.39 is 4.92 Å². The van der Waals surface area contributed by atoms with Gasteiger partial charge in [-0.05, 0) is 42.8 Å². The van der Waals surface area contributed by atoms with Gasteiger partial charge in [-0.3, -0.25) is 14.9 Å². The molecule has 1 amide bonds. The number of carbonyl (C=O) groups is 1. The van der Waals surface area contributed by atoms with Crippen molar-refractivity contribution >= 4 is 56.7 Å². The molecule has 1 atom stereocenters. The lowest BCUT2D eigenvalue weighted by Gasteiger charge is -2.23. The Morgan fingerprint density at radius 3 is 2.66 bits per heavy atom. The Labute approximate surface area is 192 Å². The van der Waals surface area contributed by atoms with Gasteiger partial charge in [0.25, 0.3) is 11.6 Å². The zero-order valence-electron chi connectivity index (χ0n) is 16.9. The molecule has 5 rings (SSSR count). The second-order valence-electron chi connectivity index (χ2n) is 7.56. The zero-order chi connectivity index (χ0) is 22.4. The number of nitro benzene ring substituents is 1. The first kappa shape index (κ1) is 20.6. The number of hydrogen-bond donors (Lipinski definition) is 0. The Hall–Kier alpha value is -3.30. The molecule has 0 spiro atoms. The summed E-state index contributed by atoms with van der Waals surface area (Å²) in [4.78, 5) is 31.0. The number of amidine groups is 1. The lowest BCUT2D eigenvalue weighted by molar-refractivity contribution is -0.384. The van der Waals surface area contributed by atoms with Crippen LogP contribution in [0.1, 0.15) is 29.2 Å². The van der Waals surface area contributed by atoms with Crippen LogP contribution in [-0.4, -0.2) is 37.5 Å². The second kappa shape index (κ2) is 7.99. The van der Waals surface area contributed by atoms with E-state index in [4.69, 9.17) is 16.7 Å². The molecular weight excluding hydrogens is 450 g/mol. The quantitative estimate of drug-likeness (QED) is 0.310. The SMILES string of the molecule is Cc1ccc2nc(Cl)c(C3CC(c4ccc([N+](=O)[O-])cc4)=NN3C3=NC(=O)CS3)cc2c1. The van der Waals surface area contributed by atoms with Crippen molar-refractivity contribution in [3.8, 4) is 0 Å². The number of carbonyl (C=O) groups excluding carboxylic acids is 1. The first-order chi connectivity index (χ1) is 15.4. The number of non-ortho nitro benzene ring substituents is 1. The third kappa shape index (κ3) is 3.74. The fourth-order valence-electron chi connectivity index (χ4n) is 3.82. The summed E-state index contributed by atoms with van der Waals surface area (Å²) in [6.07, 6.45) is 0.490. The number of nitrogens with zero attached hydrogens (tertiary/aromatic N) is 5. The van der Waals surface area contributed by atoms with E-state index in [1.165, 1.54) is 23.9 Å². The summed E-state index contributed by atoms with van der Waals surface area (Å²) in [6.45, 7) is 2.01. The van der Waals surface area contributed by atoms with Crippen LogP contribution in [0, 0.1) is 17.0 Å². The van der Waals surface area contributed by atoms with Crippen molar-refractivity contribution < 1.29 is 9.72 Å². The Morgan fingerprint density at radius 1 is 1.19 bits per heavy atom. The fourth-order valence-corrected chi connectivity index (χ4v) is 4.87. The summed E-state index contributed by atoms with van der Waals surface area (Å²) >= 11 is 7.92. The number of hydrazone groups is 1. The van der Waals surface area contributed by atoms with Crippen LogP contribution in [0.25, 0.3) is 10.9 Å². The number of halogens is 1. The van der Waals surface area contributed by atoms with Crippen molar-refractivity contribution in [1.29, 1.82) is 0 Å². The first-order valence-electron chi connectivity index (χ1n) is 9.82. The van der Waals surface area contributed by atoms with Gasteiger partial charge < -0.3 is 0 Å². The molecule has 0 radical (unpaired) electrons. The maximum absolute atomic E-state index is 11.8. The van der Waals surface area contributed by atoms with Crippen LogP contribution in [0.3, 0.4) is 0 Å². The predicted molar refractivity (Wildman–Crippen MR) is 125 cm³/mol. The molecular formula is C22H16ClN5O3S. The van der Waals surface area contributed by atoms with E-state index in [2.05, 4.69) is 9.98 Å². The van der Waals surface area contributed by atoms with Crippen molar-refractivity contribution in [1.82, 2.24) is 9.99 Å². The number of nitro groups is 1.